The van der Waals surface area contributed by atoms with Crippen molar-refractivity contribution in [3.63, 3.8) is 0 Å². The summed E-state index contributed by atoms with van der Waals surface area (Å²) in [6.45, 7) is 5.73. The predicted molar refractivity (Wildman–Crippen MR) is 303 cm³/mol. The van der Waals surface area contributed by atoms with E-state index in [1.54, 1.807) is 0 Å². The maximum Gasteiger partial charge on any atom is 0.335 e. The molecular formula is C63H102O12. The summed E-state index contributed by atoms with van der Waals surface area (Å²) >= 11 is 0. The predicted octanol–water partition coefficient (Wildman–Crippen LogP) is 14.9. The third-order valence-electron chi connectivity index (χ3n) is 12.6. The lowest BCUT2D eigenvalue weighted by Crippen LogP contribution is -2.61. The van der Waals surface area contributed by atoms with Crippen LogP contribution in [0.2, 0.25) is 0 Å². The Labute approximate surface area is 453 Å². The molecule has 6 unspecified atom stereocenters. The van der Waals surface area contributed by atoms with Gasteiger partial charge in [0.25, 0.3) is 0 Å². The van der Waals surface area contributed by atoms with Gasteiger partial charge in [-0.15, -0.1) is 0 Å². The molecule has 1 saturated heterocycles. The van der Waals surface area contributed by atoms with Crippen molar-refractivity contribution in [1.29, 1.82) is 0 Å². The van der Waals surface area contributed by atoms with E-state index in [-0.39, 0.29) is 25.9 Å². The molecule has 12 heteroatoms. The molecule has 0 aliphatic carbocycles. The first kappa shape index (κ1) is 68.7. The van der Waals surface area contributed by atoms with Crippen molar-refractivity contribution in [3.05, 3.63) is 97.2 Å². The summed E-state index contributed by atoms with van der Waals surface area (Å²) in [5.74, 6) is -3.25. The molecule has 1 heterocycles. The molecule has 0 spiro atoms. The zero-order valence-corrected chi connectivity index (χ0v) is 46.8. The molecule has 75 heavy (non-hydrogen) atoms. The Bertz CT molecular complexity index is 1670. The number of carbonyl (C=O) groups excluding carboxylic acids is 3. The maximum atomic E-state index is 13.1. The molecule has 0 amide bonds. The molecule has 3 N–H and O–H groups in total. The van der Waals surface area contributed by atoms with Gasteiger partial charge in [-0.05, 0) is 83.5 Å². The standard InChI is InChI=1S/C63H102O12/c1-4-7-10-13-16-19-22-25-26-27-28-29-30-33-34-37-40-43-46-49-55(64)71-52-54(73-56(65)50-47-44-41-38-35-31-23-20-17-14-11-8-5-2)53-72-63-61(59(68)58(67)60(75-63)62(69)70)74-57(66)51-48-45-42-39-36-32-24-21-18-15-12-9-6-3/h7,10,12,15-16,19,21,24-26,28-29,33-34,40,43,54,58-61,63,67-68H,4-6,8-9,11,13-14,17-18,20,22-23,27,30-32,35-39,41-42,44-53H2,1-3H3,(H,69,70)/b10-7-,15-12-,19-16-,24-21-,26-25-,29-28-,34-33-,43-40-. The van der Waals surface area contributed by atoms with E-state index in [9.17, 15) is 34.5 Å². The van der Waals surface area contributed by atoms with Crippen molar-refractivity contribution in [2.75, 3.05) is 13.2 Å². The van der Waals surface area contributed by atoms with Gasteiger partial charge in [-0.2, -0.15) is 0 Å². The minimum Gasteiger partial charge on any atom is -0.479 e. The number of carboxylic acids is 1. The zero-order chi connectivity index (χ0) is 54.7. The van der Waals surface area contributed by atoms with Gasteiger partial charge >= 0.3 is 23.9 Å². The zero-order valence-electron chi connectivity index (χ0n) is 46.8. The molecule has 1 rings (SSSR count). The number of hydrogen-bond donors (Lipinski definition) is 3. The summed E-state index contributed by atoms with van der Waals surface area (Å²) in [5.41, 5.74) is 0. The molecule has 0 saturated carbocycles. The van der Waals surface area contributed by atoms with E-state index in [0.717, 1.165) is 109 Å². The Morgan fingerprint density at radius 2 is 0.893 bits per heavy atom. The summed E-state index contributed by atoms with van der Waals surface area (Å²) in [4.78, 5) is 51.0. The van der Waals surface area contributed by atoms with Gasteiger partial charge in [0.1, 0.15) is 18.8 Å². The fraction of sp³-hybridized carbons (Fsp3) is 0.683. The molecule has 12 nitrogen and oxygen atoms in total. The van der Waals surface area contributed by atoms with Gasteiger partial charge in [-0.3, -0.25) is 14.4 Å². The summed E-state index contributed by atoms with van der Waals surface area (Å²) in [5, 5.41) is 31.4. The molecule has 0 aromatic heterocycles. The van der Waals surface area contributed by atoms with Gasteiger partial charge in [0.05, 0.1) is 6.61 Å². The molecule has 1 aliphatic rings. The molecule has 0 aromatic rings. The van der Waals surface area contributed by atoms with Crippen LogP contribution in [0.5, 0.6) is 0 Å². The van der Waals surface area contributed by atoms with Crippen LogP contribution in [0.4, 0.5) is 0 Å². The molecule has 426 valence electrons. The summed E-state index contributed by atoms with van der Waals surface area (Å²) in [6.07, 6.45) is 53.9. The fourth-order valence-corrected chi connectivity index (χ4v) is 8.20. The number of aliphatic hydroxyl groups excluding tert-OH is 2. The Hall–Kier alpha value is -4.36. The lowest BCUT2D eigenvalue weighted by Gasteiger charge is -2.40. The van der Waals surface area contributed by atoms with Crippen LogP contribution < -0.4 is 0 Å². The van der Waals surface area contributed by atoms with Crippen molar-refractivity contribution in [2.24, 2.45) is 0 Å². The smallest absolute Gasteiger partial charge is 0.335 e. The summed E-state index contributed by atoms with van der Waals surface area (Å²) in [7, 11) is 0. The van der Waals surface area contributed by atoms with E-state index in [4.69, 9.17) is 23.7 Å². The minimum atomic E-state index is -1.92. The number of carbonyl (C=O) groups is 4. The van der Waals surface area contributed by atoms with Gasteiger partial charge in [0.15, 0.2) is 24.6 Å². The van der Waals surface area contributed by atoms with Gasteiger partial charge in [0.2, 0.25) is 0 Å². The monoisotopic (exact) mass is 1050 g/mol. The molecule has 1 fully saturated rings. The number of carboxylic acid groups (broad SMARTS) is 1. The first-order valence-electron chi connectivity index (χ1n) is 29.2. The number of unbranched alkanes of at least 4 members (excludes halogenated alkanes) is 18. The fourth-order valence-electron chi connectivity index (χ4n) is 8.20. The largest absolute Gasteiger partial charge is 0.479 e. The second kappa shape index (κ2) is 50.5. The van der Waals surface area contributed by atoms with Crippen LogP contribution in [0.15, 0.2) is 97.2 Å². The number of esters is 3. The van der Waals surface area contributed by atoms with Gasteiger partial charge < -0.3 is 39.0 Å². The van der Waals surface area contributed by atoms with Gasteiger partial charge in [-0.1, -0.05) is 221 Å². The van der Waals surface area contributed by atoms with Crippen molar-refractivity contribution >= 4 is 23.9 Å². The number of aliphatic carboxylic acids is 1. The Morgan fingerprint density at radius 1 is 0.453 bits per heavy atom. The highest BCUT2D eigenvalue weighted by atomic mass is 16.7. The van der Waals surface area contributed by atoms with E-state index < -0.39 is 67.3 Å². The van der Waals surface area contributed by atoms with Crippen molar-refractivity contribution < 1.29 is 58.2 Å². The average molecular weight is 1050 g/mol. The molecular weight excluding hydrogens is 949 g/mol. The highest BCUT2D eigenvalue weighted by molar-refractivity contribution is 5.74. The van der Waals surface area contributed by atoms with Crippen LogP contribution in [0.3, 0.4) is 0 Å². The first-order valence-corrected chi connectivity index (χ1v) is 29.2. The third kappa shape index (κ3) is 40.6. The van der Waals surface area contributed by atoms with E-state index in [0.29, 0.717) is 19.3 Å². The lowest BCUT2D eigenvalue weighted by atomic mass is 9.98. The normalized spacial score (nSPS) is 18.9. The molecule has 0 bridgehead atoms. The van der Waals surface area contributed by atoms with Crippen LogP contribution in [-0.2, 0) is 42.9 Å². The number of allylic oxidation sites excluding steroid dienone is 16. The van der Waals surface area contributed by atoms with E-state index in [2.05, 4.69) is 106 Å². The van der Waals surface area contributed by atoms with Crippen LogP contribution in [0, 0.1) is 0 Å². The second-order valence-corrected chi connectivity index (χ2v) is 19.5. The highest BCUT2D eigenvalue weighted by Crippen LogP contribution is 2.26. The summed E-state index contributed by atoms with van der Waals surface area (Å²) < 4.78 is 28.3. The van der Waals surface area contributed by atoms with E-state index in [1.165, 1.54) is 57.8 Å². The van der Waals surface area contributed by atoms with E-state index >= 15 is 0 Å². The number of aliphatic hydroxyl groups is 2. The highest BCUT2D eigenvalue weighted by Gasteiger charge is 2.50. The Balaban J connectivity index is 2.75. The SMILES string of the molecule is CC/C=C\C/C=C\C/C=C\C/C=C\C/C=C\C/C=C\CCC(=O)OCC(COC1OC(C(=O)O)C(O)C(O)C1OC(=O)CCCCCCC/C=C\C/C=C\CCC)OC(=O)CCCCCCCCCCCCCCC. The van der Waals surface area contributed by atoms with Crippen LogP contribution >= 0.6 is 0 Å². The Morgan fingerprint density at radius 3 is 1.39 bits per heavy atom. The molecule has 6 atom stereocenters. The van der Waals surface area contributed by atoms with Gasteiger partial charge in [-0.25, -0.2) is 4.79 Å². The maximum absolute atomic E-state index is 13.1. The van der Waals surface area contributed by atoms with Crippen LogP contribution in [0.25, 0.3) is 0 Å². The van der Waals surface area contributed by atoms with Crippen molar-refractivity contribution in [2.45, 2.75) is 263 Å². The number of rotatable bonds is 48. The minimum absolute atomic E-state index is 0.0341. The number of ether oxygens (including phenoxy) is 5. The molecule has 0 aromatic carbocycles. The molecule has 1 aliphatic heterocycles. The quantitative estimate of drug-likeness (QED) is 0.0228. The third-order valence-corrected chi connectivity index (χ3v) is 12.6. The van der Waals surface area contributed by atoms with Crippen molar-refractivity contribution in [1.82, 2.24) is 0 Å². The topological polar surface area (TPSA) is 175 Å². The second-order valence-electron chi connectivity index (χ2n) is 19.5. The summed E-state index contributed by atoms with van der Waals surface area (Å²) in [6, 6.07) is 0. The number of hydrogen-bond acceptors (Lipinski definition) is 11. The first-order chi connectivity index (χ1) is 36.6. The van der Waals surface area contributed by atoms with Gasteiger partial charge in [0, 0.05) is 19.3 Å². The molecule has 0 radical (unpaired) electrons. The van der Waals surface area contributed by atoms with E-state index in [1.807, 2.05) is 12.2 Å². The van der Waals surface area contributed by atoms with Crippen LogP contribution in [-0.4, -0.2) is 89.2 Å². The van der Waals surface area contributed by atoms with Crippen molar-refractivity contribution in [3.8, 4) is 0 Å². The van der Waals surface area contributed by atoms with Crippen LogP contribution in [0.1, 0.15) is 226 Å². The Kier molecular flexibility index (Phi) is 46.2. The lowest BCUT2D eigenvalue weighted by molar-refractivity contribution is -0.301. The average Bonchev–Trinajstić information content (AvgIpc) is 3.39.